The summed E-state index contributed by atoms with van der Waals surface area (Å²) in [5, 5.41) is 13.4. The quantitative estimate of drug-likeness (QED) is 0.127. The number of carboxylic acids is 1. The molecule has 12 heteroatoms. The molecule has 0 aromatic carbocycles. The van der Waals surface area contributed by atoms with E-state index in [-0.39, 0.29) is 18.4 Å². The highest BCUT2D eigenvalue weighted by atomic mass is 16.4. The second-order valence-electron chi connectivity index (χ2n) is 6.59. The molecule has 1 aliphatic heterocycles. The first-order chi connectivity index (χ1) is 13.1. The highest BCUT2D eigenvalue weighted by Crippen LogP contribution is 2.19. The fourth-order valence-corrected chi connectivity index (χ4v) is 2.80. The van der Waals surface area contributed by atoms with Crippen molar-refractivity contribution in [2.24, 2.45) is 22.2 Å². The molecule has 1 heterocycles. The molecule has 0 aromatic rings. The first kappa shape index (κ1) is 23.1. The number of carbonyl (C=O) groups is 4. The topological polar surface area (TPSA) is 206 Å². The number of aliphatic carboxylic acids is 1. The number of hydrogen-bond donors (Lipinski definition) is 6. The fraction of sp³-hybridized carbons (Fsp3) is 0.688. The molecule has 0 bridgehead atoms. The Morgan fingerprint density at radius 2 is 1.96 bits per heavy atom. The molecule has 3 atom stereocenters. The lowest BCUT2D eigenvalue weighted by molar-refractivity contribution is -0.141. The van der Waals surface area contributed by atoms with Gasteiger partial charge in [-0.1, -0.05) is 0 Å². The van der Waals surface area contributed by atoms with Gasteiger partial charge in [0.25, 0.3) is 0 Å². The Morgan fingerprint density at radius 3 is 2.57 bits per heavy atom. The van der Waals surface area contributed by atoms with Gasteiger partial charge in [-0.2, -0.15) is 0 Å². The Balaban J connectivity index is 2.50. The van der Waals surface area contributed by atoms with Gasteiger partial charge in [-0.05, 0) is 32.6 Å². The number of likely N-dealkylation sites (tertiary alicyclic amines) is 1. The molecule has 1 aliphatic rings. The van der Waals surface area contributed by atoms with E-state index in [2.05, 4.69) is 15.6 Å². The maximum absolute atomic E-state index is 12.5. The van der Waals surface area contributed by atoms with Gasteiger partial charge in [0.2, 0.25) is 17.7 Å². The normalized spacial score (nSPS) is 18.1. The number of nitrogens with two attached hydrogens (primary N) is 3. The SMILES string of the molecule is CC(NC(=O)CNC(=O)C1CCCN1C(=O)C(N)CCCN=C(N)N)C(=O)O. The number of nitrogens with one attached hydrogen (secondary N) is 2. The van der Waals surface area contributed by atoms with Crippen LogP contribution in [0.25, 0.3) is 0 Å². The third kappa shape index (κ3) is 7.39. The first-order valence-electron chi connectivity index (χ1n) is 9.04. The van der Waals surface area contributed by atoms with Crippen LogP contribution in [0.1, 0.15) is 32.6 Å². The third-order valence-corrected chi connectivity index (χ3v) is 4.29. The van der Waals surface area contributed by atoms with Gasteiger partial charge in [-0.15, -0.1) is 0 Å². The maximum atomic E-state index is 12.5. The van der Waals surface area contributed by atoms with Gasteiger partial charge >= 0.3 is 5.97 Å². The van der Waals surface area contributed by atoms with Gasteiger partial charge in [-0.25, -0.2) is 0 Å². The van der Waals surface area contributed by atoms with Crippen LogP contribution in [-0.2, 0) is 19.2 Å². The molecular formula is C16H29N7O5. The zero-order chi connectivity index (χ0) is 21.3. The van der Waals surface area contributed by atoms with Crippen LogP contribution in [0.4, 0.5) is 0 Å². The predicted octanol–water partition coefficient (Wildman–Crippen LogP) is -2.94. The van der Waals surface area contributed by atoms with E-state index in [0.29, 0.717) is 38.8 Å². The second kappa shape index (κ2) is 11.1. The van der Waals surface area contributed by atoms with Crippen LogP contribution in [0.2, 0.25) is 0 Å². The molecular weight excluding hydrogens is 370 g/mol. The fourth-order valence-electron chi connectivity index (χ4n) is 2.80. The number of carboxylic acid groups (broad SMARTS) is 1. The number of amides is 3. The zero-order valence-corrected chi connectivity index (χ0v) is 15.9. The van der Waals surface area contributed by atoms with Crippen LogP contribution >= 0.6 is 0 Å². The summed E-state index contributed by atoms with van der Waals surface area (Å²) >= 11 is 0. The van der Waals surface area contributed by atoms with E-state index in [9.17, 15) is 19.2 Å². The van der Waals surface area contributed by atoms with Crippen molar-refractivity contribution in [2.45, 2.75) is 50.7 Å². The molecule has 0 spiro atoms. The van der Waals surface area contributed by atoms with Crippen molar-refractivity contribution >= 4 is 29.7 Å². The minimum absolute atomic E-state index is 0.0297. The number of carbonyl (C=O) groups excluding carboxylic acids is 3. The standard InChI is InChI=1S/C16H29N7O5/c1-9(15(27)28)22-12(24)8-21-13(25)11-5-3-7-23(11)14(26)10(17)4-2-6-20-16(18)19/h9-11H,2-8,17H2,1H3,(H,21,25)(H,22,24)(H,27,28)(H4,18,19,20). The van der Waals surface area contributed by atoms with Crippen LogP contribution < -0.4 is 27.8 Å². The minimum atomic E-state index is -1.18. The largest absolute Gasteiger partial charge is 0.480 e. The smallest absolute Gasteiger partial charge is 0.325 e. The number of rotatable bonds is 10. The van der Waals surface area contributed by atoms with Crippen LogP contribution in [0, 0.1) is 0 Å². The second-order valence-corrected chi connectivity index (χ2v) is 6.59. The van der Waals surface area contributed by atoms with E-state index < -0.39 is 35.9 Å². The minimum Gasteiger partial charge on any atom is -0.480 e. The summed E-state index contributed by atoms with van der Waals surface area (Å²) in [6.45, 7) is 1.70. The Morgan fingerprint density at radius 1 is 1.29 bits per heavy atom. The van der Waals surface area contributed by atoms with Crippen molar-refractivity contribution in [3.05, 3.63) is 0 Å². The molecule has 3 unspecified atom stereocenters. The molecule has 0 aromatic heterocycles. The highest BCUT2D eigenvalue weighted by molar-refractivity contribution is 5.93. The molecule has 0 aliphatic carbocycles. The lowest BCUT2D eigenvalue weighted by atomic mass is 10.1. The van der Waals surface area contributed by atoms with E-state index in [1.54, 1.807) is 0 Å². The van der Waals surface area contributed by atoms with Crippen LogP contribution in [-0.4, -0.2) is 77.4 Å². The van der Waals surface area contributed by atoms with E-state index in [0.717, 1.165) is 0 Å². The van der Waals surface area contributed by atoms with Crippen molar-refractivity contribution in [3.8, 4) is 0 Å². The lowest BCUT2D eigenvalue weighted by Crippen LogP contribution is -2.52. The third-order valence-electron chi connectivity index (χ3n) is 4.29. The number of guanidine groups is 1. The summed E-state index contributed by atoms with van der Waals surface area (Å²) in [6.07, 6.45) is 2.01. The van der Waals surface area contributed by atoms with E-state index in [1.807, 2.05) is 0 Å². The molecule has 9 N–H and O–H groups in total. The van der Waals surface area contributed by atoms with Crippen molar-refractivity contribution in [2.75, 3.05) is 19.6 Å². The molecule has 28 heavy (non-hydrogen) atoms. The zero-order valence-electron chi connectivity index (χ0n) is 15.9. The van der Waals surface area contributed by atoms with Gasteiger partial charge in [-0.3, -0.25) is 24.2 Å². The number of hydrogen-bond acceptors (Lipinski definition) is 6. The Kier molecular flexibility index (Phi) is 9.15. The molecule has 158 valence electrons. The molecule has 1 rings (SSSR count). The summed E-state index contributed by atoms with van der Waals surface area (Å²) in [5.41, 5.74) is 16.4. The van der Waals surface area contributed by atoms with Crippen molar-refractivity contribution in [3.63, 3.8) is 0 Å². The van der Waals surface area contributed by atoms with Crippen molar-refractivity contribution in [1.29, 1.82) is 0 Å². The Labute approximate surface area is 162 Å². The highest BCUT2D eigenvalue weighted by Gasteiger charge is 2.36. The van der Waals surface area contributed by atoms with Crippen molar-refractivity contribution in [1.82, 2.24) is 15.5 Å². The van der Waals surface area contributed by atoms with Gasteiger partial charge in [0.05, 0.1) is 12.6 Å². The summed E-state index contributed by atoms with van der Waals surface area (Å²) < 4.78 is 0. The van der Waals surface area contributed by atoms with Gasteiger partial charge in [0.1, 0.15) is 12.1 Å². The summed E-state index contributed by atoms with van der Waals surface area (Å²) in [5.74, 6) is -2.66. The molecule has 12 nitrogen and oxygen atoms in total. The van der Waals surface area contributed by atoms with E-state index in [1.165, 1.54) is 11.8 Å². The van der Waals surface area contributed by atoms with Crippen LogP contribution in [0.15, 0.2) is 4.99 Å². The predicted molar refractivity (Wildman–Crippen MR) is 101 cm³/mol. The summed E-state index contributed by atoms with van der Waals surface area (Å²) in [6, 6.07) is -2.55. The van der Waals surface area contributed by atoms with Crippen molar-refractivity contribution < 1.29 is 24.3 Å². The van der Waals surface area contributed by atoms with Gasteiger partial charge in [0, 0.05) is 13.1 Å². The number of aliphatic imine (C=N–C) groups is 1. The molecule has 1 saturated heterocycles. The summed E-state index contributed by atoms with van der Waals surface area (Å²) in [7, 11) is 0. The number of nitrogens with zero attached hydrogens (tertiary/aromatic N) is 2. The lowest BCUT2D eigenvalue weighted by Gasteiger charge is -2.26. The molecule has 3 amide bonds. The monoisotopic (exact) mass is 399 g/mol. The summed E-state index contributed by atoms with van der Waals surface area (Å²) in [4.78, 5) is 52.5. The maximum Gasteiger partial charge on any atom is 0.325 e. The van der Waals surface area contributed by atoms with E-state index >= 15 is 0 Å². The Hall–Kier alpha value is -2.89. The van der Waals surface area contributed by atoms with E-state index in [4.69, 9.17) is 22.3 Å². The molecule has 0 saturated carbocycles. The first-order valence-corrected chi connectivity index (χ1v) is 9.04. The molecule has 1 fully saturated rings. The molecule has 0 radical (unpaired) electrons. The Bertz CT molecular complexity index is 621. The van der Waals surface area contributed by atoms with Crippen LogP contribution in [0.5, 0.6) is 0 Å². The average molecular weight is 399 g/mol. The van der Waals surface area contributed by atoms with Gasteiger partial charge in [0.15, 0.2) is 5.96 Å². The van der Waals surface area contributed by atoms with Gasteiger partial charge < -0.3 is 37.8 Å². The average Bonchev–Trinajstić information content (AvgIpc) is 3.11. The van der Waals surface area contributed by atoms with Crippen LogP contribution in [0.3, 0.4) is 0 Å².